The number of carbonyl (C=O) groups excluding carboxylic acids is 1. The molecule has 0 aliphatic heterocycles. The lowest BCUT2D eigenvalue weighted by Crippen LogP contribution is -2.28. The van der Waals surface area contributed by atoms with Crippen LogP contribution in [0.5, 0.6) is 0 Å². The molecule has 0 bridgehead atoms. The summed E-state index contributed by atoms with van der Waals surface area (Å²) in [6.45, 7) is 3.96. The minimum absolute atomic E-state index is 0.0745. The molecule has 1 unspecified atom stereocenters. The summed E-state index contributed by atoms with van der Waals surface area (Å²) >= 11 is 0. The highest BCUT2D eigenvalue weighted by Gasteiger charge is 2.43. The van der Waals surface area contributed by atoms with Gasteiger partial charge in [0.15, 0.2) is 0 Å². The molecule has 2 N–H and O–H groups in total. The van der Waals surface area contributed by atoms with Gasteiger partial charge in [-0.1, -0.05) is 43.5 Å². The molecule has 1 aliphatic rings. The molecule has 1 saturated carbocycles. The van der Waals surface area contributed by atoms with E-state index >= 15 is 0 Å². The van der Waals surface area contributed by atoms with E-state index in [4.69, 9.17) is 5.11 Å². The van der Waals surface area contributed by atoms with Crippen LogP contribution in [-0.4, -0.2) is 33.6 Å². The predicted molar refractivity (Wildman–Crippen MR) is 105 cm³/mol. The van der Waals surface area contributed by atoms with Crippen molar-refractivity contribution in [2.75, 3.05) is 0 Å². The van der Waals surface area contributed by atoms with Gasteiger partial charge in [0, 0.05) is 18.8 Å². The van der Waals surface area contributed by atoms with Crippen molar-refractivity contribution in [3.05, 3.63) is 17.1 Å². The lowest BCUT2D eigenvalue weighted by molar-refractivity contribution is -0.137. The Morgan fingerprint density at radius 2 is 2.00 bits per heavy atom. The molecule has 27 heavy (non-hydrogen) atoms. The highest BCUT2D eigenvalue weighted by Crippen LogP contribution is 2.39. The van der Waals surface area contributed by atoms with Crippen molar-refractivity contribution < 1.29 is 19.8 Å². The van der Waals surface area contributed by atoms with E-state index in [0.29, 0.717) is 32.1 Å². The third-order valence-corrected chi connectivity index (χ3v) is 5.62. The van der Waals surface area contributed by atoms with Gasteiger partial charge >= 0.3 is 5.97 Å². The molecule has 6 nitrogen and oxygen atoms in total. The number of rotatable bonds is 14. The number of aliphatic hydroxyl groups is 1. The highest BCUT2D eigenvalue weighted by molar-refractivity contribution is 5.84. The van der Waals surface area contributed by atoms with E-state index in [1.807, 2.05) is 19.1 Å². The summed E-state index contributed by atoms with van der Waals surface area (Å²) in [6.07, 6.45) is 11.1. The maximum absolute atomic E-state index is 12.3. The third-order valence-electron chi connectivity index (χ3n) is 5.62. The molecule has 1 rings (SSSR count). The molecule has 6 heteroatoms. The number of unbranched alkanes of at least 4 members (excludes halogenated alkanes) is 3. The zero-order valence-corrected chi connectivity index (χ0v) is 16.7. The monoisotopic (exact) mass is 381 g/mol. The molecule has 1 aliphatic carbocycles. The van der Waals surface area contributed by atoms with Crippen molar-refractivity contribution in [2.24, 2.45) is 17.0 Å². The maximum atomic E-state index is 12.3. The Hall–Kier alpha value is -1.56. The number of hydrogen-bond acceptors (Lipinski definition) is 5. The topological polar surface area (TPSA) is 104 Å². The summed E-state index contributed by atoms with van der Waals surface area (Å²) < 4.78 is 0. The molecule has 4 atom stereocenters. The Balaban J connectivity index is 2.56. The number of carboxylic acid groups (broad SMARTS) is 1. The maximum Gasteiger partial charge on any atom is 0.303 e. The van der Waals surface area contributed by atoms with Gasteiger partial charge in [-0.3, -0.25) is 9.59 Å². The summed E-state index contributed by atoms with van der Waals surface area (Å²) in [5, 5.41) is 22.4. The van der Waals surface area contributed by atoms with E-state index in [1.165, 1.54) is 0 Å². The summed E-state index contributed by atoms with van der Waals surface area (Å²) in [5.74, 6) is -1.07. The van der Waals surface area contributed by atoms with E-state index in [9.17, 15) is 19.6 Å². The molecule has 0 aromatic heterocycles. The highest BCUT2D eigenvalue weighted by atomic mass is 16.4. The minimum atomic E-state index is -0.805. The fraction of sp³-hybridized carbons (Fsp3) is 0.810. The fourth-order valence-electron chi connectivity index (χ4n) is 3.92. The average molecular weight is 382 g/mol. The first-order chi connectivity index (χ1) is 12.8. The lowest BCUT2D eigenvalue weighted by atomic mass is 9.82. The Bertz CT molecular complexity index is 515. The van der Waals surface area contributed by atoms with Gasteiger partial charge in [0.25, 0.3) is 0 Å². The van der Waals surface area contributed by atoms with Crippen LogP contribution in [0.2, 0.25) is 0 Å². The van der Waals surface area contributed by atoms with Crippen LogP contribution in [0.25, 0.3) is 0 Å². The molecule has 0 aromatic carbocycles. The van der Waals surface area contributed by atoms with Gasteiger partial charge in [-0.25, -0.2) is 0 Å². The van der Waals surface area contributed by atoms with Crippen molar-refractivity contribution >= 4 is 11.8 Å². The third kappa shape index (κ3) is 8.78. The molecule has 0 radical (unpaired) electrons. The van der Waals surface area contributed by atoms with Crippen molar-refractivity contribution in [1.82, 2.24) is 0 Å². The average Bonchev–Trinajstić information content (AvgIpc) is 2.91. The van der Waals surface area contributed by atoms with Gasteiger partial charge in [0.1, 0.15) is 11.8 Å². The molecule has 0 spiro atoms. The minimum Gasteiger partial charge on any atom is -0.481 e. The van der Waals surface area contributed by atoms with Crippen LogP contribution in [0.4, 0.5) is 0 Å². The van der Waals surface area contributed by atoms with Gasteiger partial charge in [-0.2, -0.15) is 4.91 Å². The predicted octanol–water partition coefficient (Wildman–Crippen LogP) is 4.64. The quantitative estimate of drug-likeness (QED) is 0.259. The number of hydrogen-bond donors (Lipinski definition) is 2. The molecule has 0 aromatic rings. The van der Waals surface area contributed by atoms with Crippen LogP contribution in [0.15, 0.2) is 17.3 Å². The molecular formula is C21H35NO5. The fourth-order valence-corrected chi connectivity index (χ4v) is 3.92. The van der Waals surface area contributed by atoms with E-state index in [1.54, 1.807) is 0 Å². The van der Waals surface area contributed by atoms with Crippen LogP contribution in [-0.2, 0) is 9.59 Å². The van der Waals surface area contributed by atoms with Crippen molar-refractivity contribution in [3.8, 4) is 0 Å². The van der Waals surface area contributed by atoms with E-state index < -0.39 is 17.6 Å². The van der Waals surface area contributed by atoms with Gasteiger partial charge in [-0.15, -0.1) is 0 Å². The number of carbonyl (C=O) groups is 2. The Morgan fingerprint density at radius 3 is 2.63 bits per heavy atom. The van der Waals surface area contributed by atoms with Gasteiger partial charge in [0.2, 0.25) is 0 Å². The number of ketones is 1. The van der Waals surface area contributed by atoms with Gasteiger partial charge in [-0.05, 0) is 51.4 Å². The molecule has 154 valence electrons. The van der Waals surface area contributed by atoms with Crippen LogP contribution in [0.3, 0.4) is 0 Å². The number of nitrogens with zero attached hydrogens (tertiary/aromatic N) is 1. The first kappa shape index (κ1) is 23.5. The van der Waals surface area contributed by atoms with E-state index in [-0.39, 0.29) is 30.5 Å². The summed E-state index contributed by atoms with van der Waals surface area (Å²) in [6, 6.07) is -0.491. The number of Topliss-reactive ketones (excluding diaryl/α,β-unsaturated/α-hetero) is 1. The Kier molecular flexibility index (Phi) is 10.4. The molecule has 0 saturated heterocycles. The molecule has 0 heterocycles. The van der Waals surface area contributed by atoms with Gasteiger partial charge < -0.3 is 10.2 Å². The second-order valence-corrected chi connectivity index (χ2v) is 8.10. The van der Waals surface area contributed by atoms with Crippen molar-refractivity contribution in [3.63, 3.8) is 0 Å². The SMILES string of the molecule is CCCCC[C@](C)(O)CC[C@H]1C(N=O)CC(=O)[C@@H]1CC=CCCCC(=O)O. The summed E-state index contributed by atoms with van der Waals surface area (Å²) in [4.78, 5) is 34.0. The second-order valence-electron chi connectivity index (χ2n) is 8.10. The Labute approximate surface area is 162 Å². The zero-order valence-electron chi connectivity index (χ0n) is 16.7. The van der Waals surface area contributed by atoms with Crippen LogP contribution in [0.1, 0.15) is 84.5 Å². The molecular weight excluding hydrogens is 346 g/mol. The van der Waals surface area contributed by atoms with Crippen molar-refractivity contribution in [1.29, 1.82) is 0 Å². The summed E-state index contributed by atoms with van der Waals surface area (Å²) in [5.41, 5.74) is -0.772. The first-order valence-corrected chi connectivity index (χ1v) is 10.2. The zero-order chi connectivity index (χ0) is 20.3. The number of carboxylic acids is 1. The molecule has 1 fully saturated rings. The number of nitroso groups, excluding NO2 is 1. The number of aliphatic carboxylic acids is 1. The summed E-state index contributed by atoms with van der Waals surface area (Å²) in [7, 11) is 0. The second kappa shape index (κ2) is 12.0. The normalized spacial score (nSPS) is 25.0. The molecule has 0 amide bonds. The van der Waals surface area contributed by atoms with Crippen LogP contribution >= 0.6 is 0 Å². The van der Waals surface area contributed by atoms with E-state index in [2.05, 4.69) is 12.1 Å². The largest absolute Gasteiger partial charge is 0.481 e. The van der Waals surface area contributed by atoms with E-state index in [0.717, 1.165) is 25.7 Å². The van der Waals surface area contributed by atoms with Gasteiger partial charge in [0.05, 0.1) is 5.60 Å². The van der Waals surface area contributed by atoms with Crippen LogP contribution in [0, 0.1) is 16.7 Å². The standard InChI is InChI=1S/C21H35NO5/c1-3-4-9-13-21(2,26)14-12-16-17(19(23)15-18(16)22-27)10-7-5-6-8-11-20(24)25/h5,7,16-18,26H,3-4,6,8-15H2,1-2H3,(H,24,25)/t16-,17-,18?,21+/m1/s1. The smallest absolute Gasteiger partial charge is 0.303 e. The first-order valence-electron chi connectivity index (χ1n) is 10.2. The lowest BCUT2D eigenvalue weighted by Gasteiger charge is -2.27. The van der Waals surface area contributed by atoms with Crippen LogP contribution < -0.4 is 0 Å². The Morgan fingerprint density at radius 1 is 1.26 bits per heavy atom. The number of allylic oxidation sites excluding steroid dienone is 2. The van der Waals surface area contributed by atoms with Crippen molar-refractivity contribution in [2.45, 2.75) is 96.1 Å².